The summed E-state index contributed by atoms with van der Waals surface area (Å²) in [6.45, 7) is 3.75. The zero-order chi connectivity index (χ0) is 13.8. The van der Waals surface area contributed by atoms with Crippen molar-refractivity contribution in [1.29, 1.82) is 0 Å². The molecule has 0 saturated carbocycles. The minimum Gasteiger partial charge on any atom is -0.507 e. The molecule has 0 bridgehead atoms. The number of aliphatic imine (C=N–C) groups is 1. The molecule has 1 aromatic carbocycles. The number of aromatic hydroxyl groups is 1. The number of hydrogen-bond donors (Lipinski definition) is 1. The second-order valence-corrected chi connectivity index (χ2v) is 4.29. The van der Waals surface area contributed by atoms with Crippen molar-refractivity contribution in [2.75, 3.05) is 0 Å². The van der Waals surface area contributed by atoms with E-state index in [4.69, 9.17) is 4.42 Å². The number of nitrogens with zero attached hydrogens (tertiary/aromatic N) is 1. The van der Waals surface area contributed by atoms with Gasteiger partial charge in [-0.3, -0.25) is 4.99 Å². The van der Waals surface area contributed by atoms with Gasteiger partial charge in [0, 0.05) is 6.07 Å². The van der Waals surface area contributed by atoms with Crippen LogP contribution in [0.5, 0.6) is 5.75 Å². The molecule has 0 saturated heterocycles. The summed E-state index contributed by atoms with van der Waals surface area (Å²) in [6.07, 6.45) is 0. The highest BCUT2D eigenvalue weighted by atomic mass is 16.4. The van der Waals surface area contributed by atoms with Crippen molar-refractivity contribution in [3.8, 4) is 5.75 Å². The van der Waals surface area contributed by atoms with E-state index in [2.05, 4.69) is 4.99 Å². The summed E-state index contributed by atoms with van der Waals surface area (Å²) in [5, 5.41) is 9.80. The molecule has 4 heteroatoms. The van der Waals surface area contributed by atoms with Crippen LogP contribution in [0.25, 0.3) is 0 Å². The van der Waals surface area contributed by atoms with Crippen LogP contribution in [0.1, 0.15) is 23.8 Å². The van der Waals surface area contributed by atoms with E-state index in [1.54, 1.807) is 13.8 Å². The van der Waals surface area contributed by atoms with Crippen LogP contribution in [0, 0.1) is 6.92 Å². The van der Waals surface area contributed by atoms with E-state index in [9.17, 15) is 9.90 Å². The van der Waals surface area contributed by atoms with E-state index in [-0.39, 0.29) is 11.3 Å². The van der Waals surface area contributed by atoms with E-state index < -0.39 is 5.63 Å². The molecule has 0 unspecified atom stereocenters. The van der Waals surface area contributed by atoms with Crippen LogP contribution in [0.4, 0.5) is 0 Å². The van der Waals surface area contributed by atoms with Crippen molar-refractivity contribution in [2.45, 2.75) is 20.4 Å². The van der Waals surface area contributed by atoms with Crippen LogP contribution in [0.2, 0.25) is 0 Å². The molecule has 0 spiro atoms. The number of hydrogen-bond acceptors (Lipinski definition) is 4. The zero-order valence-electron chi connectivity index (χ0n) is 10.9. The summed E-state index contributed by atoms with van der Waals surface area (Å²) < 4.78 is 4.97. The van der Waals surface area contributed by atoms with E-state index in [1.807, 2.05) is 30.3 Å². The molecule has 4 nitrogen and oxygen atoms in total. The quantitative estimate of drug-likeness (QED) is 0.860. The van der Waals surface area contributed by atoms with Gasteiger partial charge in [-0.15, -0.1) is 0 Å². The largest absolute Gasteiger partial charge is 0.507 e. The fourth-order valence-electron chi connectivity index (χ4n) is 1.80. The molecule has 0 atom stereocenters. The topological polar surface area (TPSA) is 62.8 Å². The second-order valence-electron chi connectivity index (χ2n) is 4.29. The van der Waals surface area contributed by atoms with E-state index in [0.717, 1.165) is 5.56 Å². The molecule has 2 rings (SSSR count). The van der Waals surface area contributed by atoms with Crippen molar-refractivity contribution >= 4 is 5.71 Å². The molecule has 2 aromatic rings. The van der Waals surface area contributed by atoms with Gasteiger partial charge in [0.25, 0.3) is 0 Å². The SMILES string of the molecule is CC(=NCc1ccccc1)c1c(O)cc(C)oc1=O. The Morgan fingerprint density at radius 1 is 1.32 bits per heavy atom. The van der Waals surface area contributed by atoms with E-state index >= 15 is 0 Å². The summed E-state index contributed by atoms with van der Waals surface area (Å²) in [7, 11) is 0. The third-order valence-corrected chi connectivity index (χ3v) is 2.76. The van der Waals surface area contributed by atoms with Crippen molar-refractivity contribution < 1.29 is 9.52 Å². The lowest BCUT2D eigenvalue weighted by molar-refractivity contribution is 0.432. The molecule has 0 radical (unpaired) electrons. The molecule has 1 aromatic heterocycles. The summed E-state index contributed by atoms with van der Waals surface area (Å²) >= 11 is 0. The maximum Gasteiger partial charge on any atom is 0.348 e. The molecule has 0 aliphatic rings. The Morgan fingerprint density at radius 3 is 2.63 bits per heavy atom. The van der Waals surface area contributed by atoms with Crippen LogP contribution in [0.3, 0.4) is 0 Å². The van der Waals surface area contributed by atoms with Crippen molar-refractivity contribution in [3.63, 3.8) is 0 Å². The molecule has 19 heavy (non-hydrogen) atoms. The summed E-state index contributed by atoms with van der Waals surface area (Å²) in [5.41, 5.74) is 1.07. The van der Waals surface area contributed by atoms with Crippen LogP contribution in [-0.2, 0) is 6.54 Å². The molecule has 0 aliphatic carbocycles. The Kier molecular flexibility index (Phi) is 3.80. The molecule has 1 N–H and O–H groups in total. The standard InChI is InChI=1S/C15H15NO3/c1-10-8-13(17)14(15(18)19-10)11(2)16-9-12-6-4-3-5-7-12/h3-8,17H,9H2,1-2H3. The number of aryl methyl sites for hydroxylation is 1. The predicted octanol–water partition coefficient (Wildman–Crippen LogP) is 2.66. The first-order chi connectivity index (χ1) is 9.08. The average molecular weight is 257 g/mol. The normalized spacial score (nSPS) is 11.6. The van der Waals surface area contributed by atoms with Crippen molar-refractivity contribution in [1.82, 2.24) is 0 Å². The van der Waals surface area contributed by atoms with Gasteiger partial charge in [-0.1, -0.05) is 30.3 Å². The Bertz CT molecular complexity index is 657. The predicted molar refractivity (Wildman–Crippen MR) is 73.7 cm³/mol. The van der Waals surface area contributed by atoms with Crippen LogP contribution < -0.4 is 5.63 Å². The third kappa shape index (κ3) is 3.10. The van der Waals surface area contributed by atoms with Crippen molar-refractivity contribution in [2.24, 2.45) is 4.99 Å². The average Bonchev–Trinajstić information content (AvgIpc) is 2.36. The summed E-state index contributed by atoms with van der Waals surface area (Å²) in [5.74, 6) is 0.283. The van der Waals surface area contributed by atoms with E-state index in [0.29, 0.717) is 18.0 Å². The molecule has 0 aliphatic heterocycles. The minimum atomic E-state index is -0.563. The molecular formula is C15H15NO3. The van der Waals surface area contributed by atoms with E-state index in [1.165, 1.54) is 6.07 Å². The Morgan fingerprint density at radius 2 is 2.00 bits per heavy atom. The molecule has 0 amide bonds. The molecule has 98 valence electrons. The first kappa shape index (κ1) is 13.1. The second kappa shape index (κ2) is 5.52. The molecule has 0 fully saturated rings. The smallest absolute Gasteiger partial charge is 0.348 e. The first-order valence-corrected chi connectivity index (χ1v) is 5.97. The monoisotopic (exact) mass is 257 g/mol. The van der Waals surface area contributed by atoms with Gasteiger partial charge in [0.05, 0.1) is 12.3 Å². The lowest BCUT2D eigenvalue weighted by atomic mass is 10.1. The van der Waals surface area contributed by atoms with Gasteiger partial charge in [-0.05, 0) is 19.4 Å². The van der Waals surface area contributed by atoms with Gasteiger partial charge in [0.2, 0.25) is 0 Å². The van der Waals surface area contributed by atoms with Crippen LogP contribution >= 0.6 is 0 Å². The number of benzene rings is 1. The highest BCUT2D eigenvalue weighted by Gasteiger charge is 2.12. The zero-order valence-corrected chi connectivity index (χ0v) is 10.9. The van der Waals surface area contributed by atoms with Gasteiger partial charge >= 0.3 is 5.63 Å². The van der Waals surface area contributed by atoms with Gasteiger partial charge in [0.1, 0.15) is 17.1 Å². The molecular weight excluding hydrogens is 242 g/mol. The highest BCUT2D eigenvalue weighted by molar-refractivity contribution is 6.00. The Hall–Kier alpha value is -2.36. The third-order valence-electron chi connectivity index (χ3n) is 2.76. The summed E-state index contributed by atoms with van der Waals surface area (Å²) in [6, 6.07) is 11.1. The lowest BCUT2D eigenvalue weighted by Crippen LogP contribution is -2.13. The highest BCUT2D eigenvalue weighted by Crippen LogP contribution is 2.15. The Labute approximate surface area is 111 Å². The van der Waals surface area contributed by atoms with Gasteiger partial charge in [-0.2, -0.15) is 0 Å². The van der Waals surface area contributed by atoms with Crippen molar-refractivity contribution in [3.05, 3.63) is 63.7 Å². The van der Waals surface area contributed by atoms with Crippen LogP contribution in [-0.4, -0.2) is 10.8 Å². The maximum atomic E-state index is 11.7. The fourth-order valence-corrected chi connectivity index (χ4v) is 1.80. The number of rotatable bonds is 3. The molecule has 1 heterocycles. The van der Waals surface area contributed by atoms with Gasteiger partial charge in [-0.25, -0.2) is 4.79 Å². The Balaban J connectivity index is 2.30. The van der Waals surface area contributed by atoms with Gasteiger partial charge in [0.15, 0.2) is 0 Å². The fraction of sp³-hybridized carbons (Fsp3) is 0.200. The lowest BCUT2D eigenvalue weighted by Gasteiger charge is -2.03. The summed E-state index contributed by atoms with van der Waals surface area (Å²) in [4.78, 5) is 16.0. The van der Waals surface area contributed by atoms with Gasteiger partial charge < -0.3 is 9.52 Å². The van der Waals surface area contributed by atoms with Crippen LogP contribution in [0.15, 0.2) is 50.6 Å². The maximum absolute atomic E-state index is 11.7. The first-order valence-electron chi connectivity index (χ1n) is 5.97. The minimum absolute atomic E-state index is 0.0944.